The van der Waals surface area contributed by atoms with Crippen molar-refractivity contribution >= 4 is 5.78 Å². The van der Waals surface area contributed by atoms with Gasteiger partial charge >= 0.3 is 0 Å². The van der Waals surface area contributed by atoms with E-state index in [0.717, 1.165) is 23.7 Å². The maximum atomic E-state index is 12.1. The van der Waals surface area contributed by atoms with E-state index in [-0.39, 0.29) is 5.92 Å². The van der Waals surface area contributed by atoms with Crippen molar-refractivity contribution < 1.29 is 4.79 Å². The standard InChI is InChI=1S/C19H26O/c1-11-12(2)19-14(10-18(11)20)7-8-16-15-5-3-4-13(15)6-9-17(16)19/h3-4,10-13,15-17,19H,5-9H2,1-2H3. The van der Waals surface area contributed by atoms with E-state index in [9.17, 15) is 4.79 Å². The Bertz CT molecular complexity index is 486. The molecule has 4 aliphatic rings. The van der Waals surface area contributed by atoms with Crippen molar-refractivity contribution in [3.63, 3.8) is 0 Å². The third kappa shape index (κ3) is 1.71. The van der Waals surface area contributed by atoms with Crippen LogP contribution in [0.25, 0.3) is 0 Å². The minimum Gasteiger partial charge on any atom is -0.295 e. The van der Waals surface area contributed by atoms with Gasteiger partial charge in [-0.3, -0.25) is 4.79 Å². The molecule has 1 heteroatoms. The second-order valence-corrected chi connectivity index (χ2v) is 7.73. The van der Waals surface area contributed by atoms with Crippen molar-refractivity contribution in [2.75, 3.05) is 0 Å². The average molecular weight is 270 g/mol. The van der Waals surface area contributed by atoms with Crippen molar-refractivity contribution in [2.24, 2.45) is 41.4 Å². The van der Waals surface area contributed by atoms with Gasteiger partial charge in [0.2, 0.25) is 0 Å². The molecular weight excluding hydrogens is 244 g/mol. The van der Waals surface area contributed by atoms with Crippen LogP contribution in [0, 0.1) is 41.4 Å². The summed E-state index contributed by atoms with van der Waals surface area (Å²) in [6.07, 6.45) is 13.6. The fourth-order valence-electron chi connectivity index (χ4n) is 5.88. The molecule has 7 unspecified atom stereocenters. The van der Waals surface area contributed by atoms with E-state index in [1.807, 2.05) is 6.08 Å². The fourth-order valence-corrected chi connectivity index (χ4v) is 5.88. The average Bonchev–Trinajstić information content (AvgIpc) is 2.92. The normalized spacial score (nSPS) is 50.2. The molecule has 4 aliphatic carbocycles. The molecule has 0 radical (unpaired) electrons. The van der Waals surface area contributed by atoms with E-state index < -0.39 is 0 Å². The third-order valence-electron chi connectivity index (χ3n) is 7.06. The highest BCUT2D eigenvalue weighted by atomic mass is 16.1. The summed E-state index contributed by atoms with van der Waals surface area (Å²) in [5.41, 5.74) is 1.51. The Morgan fingerprint density at radius 1 is 1.05 bits per heavy atom. The molecule has 0 aromatic heterocycles. The minimum absolute atomic E-state index is 0.238. The van der Waals surface area contributed by atoms with Gasteiger partial charge in [0.15, 0.2) is 5.78 Å². The molecule has 1 nitrogen and oxygen atoms in total. The smallest absolute Gasteiger partial charge is 0.158 e. The van der Waals surface area contributed by atoms with Gasteiger partial charge in [-0.2, -0.15) is 0 Å². The first-order valence-corrected chi connectivity index (χ1v) is 8.57. The minimum atomic E-state index is 0.238. The van der Waals surface area contributed by atoms with Gasteiger partial charge in [0.25, 0.3) is 0 Å². The maximum absolute atomic E-state index is 12.1. The lowest BCUT2D eigenvalue weighted by atomic mass is 9.53. The van der Waals surface area contributed by atoms with Crippen LogP contribution in [0.1, 0.15) is 46.0 Å². The van der Waals surface area contributed by atoms with Gasteiger partial charge in [0.1, 0.15) is 0 Å². The lowest BCUT2D eigenvalue weighted by Gasteiger charge is -2.51. The number of ketones is 1. The van der Waals surface area contributed by atoms with Gasteiger partial charge in [-0.05, 0) is 73.7 Å². The number of carbonyl (C=O) groups excluding carboxylic acids is 1. The molecule has 4 rings (SSSR count). The summed E-state index contributed by atoms with van der Waals surface area (Å²) < 4.78 is 0. The molecule has 0 aromatic rings. The number of hydrogen-bond acceptors (Lipinski definition) is 1. The molecule has 7 atom stereocenters. The summed E-state index contributed by atoms with van der Waals surface area (Å²) in [7, 11) is 0. The van der Waals surface area contributed by atoms with E-state index >= 15 is 0 Å². The molecular formula is C19H26O. The van der Waals surface area contributed by atoms with Crippen LogP contribution in [0.5, 0.6) is 0 Å². The van der Waals surface area contributed by atoms with E-state index in [0.29, 0.717) is 17.6 Å². The second kappa shape index (κ2) is 4.58. The number of allylic oxidation sites excluding steroid dienone is 4. The number of rotatable bonds is 0. The first-order valence-electron chi connectivity index (χ1n) is 8.57. The quantitative estimate of drug-likeness (QED) is 0.596. The predicted molar refractivity (Wildman–Crippen MR) is 81.1 cm³/mol. The lowest BCUT2D eigenvalue weighted by molar-refractivity contribution is -0.121. The molecule has 0 saturated heterocycles. The Kier molecular flexibility index (Phi) is 2.94. The Morgan fingerprint density at radius 3 is 2.75 bits per heavy atom. The first kappa shape index (κ1) is 12.9. The maximum Gasteiger partial charge on any atom is 0.158 e. The SMILES string of the molecule is CC1C(=O)C=C2CCC3C4CC=CC4CCC3C2C1C. The van der Waals surface area contributed by atoms with Gasteiger partial charge < -0.3 is 0 Å². The molecule has 0 heterocycles. The zero-order valence-corrected chi connectivity index (χ0v) is 12.7. The Hall–Kier alpha value is -0.850. The number of hydrogen-bond donors (Lipinski definition) is 0. The molecule has 108 valence electrons. The summed E-state index contributed by atoms with van der Waals surface area (Å²) in [4.78, 5) is 12.1. The van der Waals surface area contributed by atoms with Crippen LogP contribution in [0.2, 0.25) is 0 Å². The van der Waals surface area contributed by atoms with Gasteiger partial charge in [0.05, 0.1) is 0 Å². The highest BCUT2D eigenvalue weighted by molar-refractivity contribution is 5.93. The van der Waals surface area contributed by atoms with Crippen LogP contribution in [0.4, 0.5) is 0 Å². The van der Waals surface area contributed by atoms with Gasteiger partial charge in [0, 0.05) is 5.92 Å². The third-order valence-corrected chi connectivity index (χ3v) is 7.06. The van der Waals surface area contributed by atoms with Crippen molar-refractivity contribution in [1.29, 1.82) is 0 Å². The van der Waals surface area contributed by atoms with Crippen LogP contribution in [0.3, 0.4) is 0 Å². The lowest BCUT2D eigenvalue weighted by Crippen LogP contribution is -2.45. The molecule has 0 aromatic carbocycles. The molecule has 0 amide bonds. The molecule has 0 aliphatic heterocycles. The summed E-state index contributed by atoms with van der Waals surface area (Å²) in [6.45, 7) is 4.48. The van der Waals surface area contributed by atoms with Gasteiger partial charge in [-0.25, -0.2) is 0 Å². The monoisotopic (exact) mass is 270 g/mol. The molecule has 0 spiro atoms. The first-order chi connectivity index (χ1) is 9.66. The Balaban J connectivity index is 1.66. The molecule has 0 bridgehead atoms. The molecule has 2 fully saturated rings. The molecule has 0 N–H and O–H groups in total. The topological polar surface area (TPSA) is 17.1 Å². The summed E-state index contributed by atoms with van der Waals surface area (Å²) >= 11 is 0. The highest BCUT2D eigenvalue weighted by Crippen LogP contribution is 2.56. The molecule has 2 saturated carbocycles. The van der Waals surface area contributed by atoms with E-state index in [1.54, 1.807) is 0 Å². The van der Waals surface area contributed by atoms with Gasteiger partial charge in [-0.15, -0.1) is 0 Å². The number of fused-ring (bicyclic) bond motifs is 5. The van der Waals surface area contributed by atoms with E-state index in [4.69, 9.17) is 0 Å². The van der Waals surface area contributed by atoms with Crippen LogP contribution < -0.4 is 0 Å². The second-order valence-electron chi connectivity index (χ2n) is 7.73. The molecule has 20 heavy (non-hydrogen) atoms. The van der Waals surface area contributed by atoms with Crippen LogP contribution >= 0.6 is 0 Å². The summed E-state index contributed by atoms with van der Waals surface area (Å²) in [5, 5.41) is 0. The van der Waals surface area contributed by atoms with E-state index in [1.165, 1.54) is 37.7 Å². The zero-order chi connectivity index (χ0) is 13.9. The largest absolute Gasteiger partial charge is 0.295 e. The summed E-state index contributed by atoms with van der Waals surface area (Å²) in [5.74, 6) is 5.48. The van der Waals surface area contributed by atoms with Crippen molar-refractivity contribution in [3.8, 4) is 0 Å². The predicted octanol–water partition coefficient (Wildman–Crippen LogP) is 4.40. The van der Waals surface area contributed by atoms with E-state index in [2.05, 4.69) is 26.0 Å². The fraction of sp³-hybridized carbons (Fsp3) is 0.737. The highest BCUT2D eigenvalue weighted by Gasteiger charge is 2.49. The van der Waals surface area contributed by atoms with Crippen LogP contribution in [-0.4, -0.2) is 5.78 Å². The van der Waals surface area contributed by atoms with Crippen molar-refractivity contribution in [2.45, 2.75) is 46.0 Å². The van der Waals surface area contributed by atoms with Crippen molar-refractivity contribution in [1.82, 2.24) is 0 Å². The number of carbonyl (C=O) groups is 1. The van der Waals surface area contributed by atoms with Gasteiger partial charge in [-0.1, -0.05) is 31.6 Å². The Morgan fingerprint density at radius 2 is 1.90 bits per heavy atom. The zero-order valence-electron chi connectivity index (χ0n) is 12.7. The van der Waals surface area contributed by atoms with Crippen LogP contribution in [-0.2, 0) is 4.79 Å². The summed E-state index contributed by atoms with van der Waals surface area (Å²) in [6, 6.07) is 0. The van der Waals surface area contributed by atoms with Crippen molar-refractivity contribution in [3.05, 3.63) is 23.8 Å². The van der Waals surface area contributed by atoms with Crippen LogP contribution in [0.15, 0.2) is 23.8 Å². The Labute approximate surface area is 122 Å².